The van der Waals surface area contributed by atoms with Crippen LogP contribution in [0.1, 0.15) is 47.4 Å². The fourth-order valence-electron chi connectivity index (χ4n) is 2.09. The summed E-state index contributed by atoms with van der Waals surface area (Å²) in [4.78, 5) is 11.7. The average molecular weight is 246 g/mol. The Morgan fingerprint density at radius 2 is 2.28 bits per heavy atom. The highest BCUT2D eigenvalue weighted by Crippen LogP contribution is 2.37. The summed E-state index contributed by atoms with van der Waals surface area (Å²) in [5, 5.41) is 0. The molecule has 0 fully saturated rings. The number of carbonyl (C=O) groups excluding carboxylic acids is 1. The molecule has 0 saturated heterocycles. The van der Waals surface area contributed by atoms with Crippen molar-refractivity contribution in [3.05, 3.63) is 47.2 Å². The van der Waals surface area contributed by atoms with E-state index in [0.29, 0.717) is 17.9 Å². The van der Waals surface area contributed by atoms with E-state index in [9.17, 15) is 4.79 Å². The molecular weight excluding hydrogens is 228 g/mol. The largest absolute Gasteiger partial charge is 0.494 e. The van der Waals surface area contributed by atoms with Crippen LogP contribution in [-0.4, -0.2) is 12.6 Å². The highest BCUT2D eigenvalue weighted by molar-refractivity contribution is 5.94. The summed E-state index contributed by atoms with van der Waals surface area (Å²) in [6.07, 6.45) is 1.58. The molecule has 0 bridgehead atoms. The van der Waals surface area contributed by atoms with E-state index in [-0.39, 0.29) is 5.97 Å². The second kappa shape index (κ2) is 5.25. The summed E-state index contributed by atoms with van der Waals surface area (Å²) < 4.78 is 10.9. The lowest BCUT2D eigenvalue weighted by Crippen LogP contribution is -2.06. The Kier molecular flexibility index (Phi) is 3.70. The minimum absolute atomic E-state index is 0.293. The summed E-state index contributed by atoms with van der Waals surface area (Å²) in [5.74, 6) is 0.226. The van der Waals surface area contributed by atoms with Gasteiger partial charge in [-0.05, 0) is 25.0 Å². The first-order chi connectivity index (χ1) is 8.65. The number of rotatable bonds is 5. The van der Waals surface area contributed by atoms with Crippen molar-refractivity contribution in [3.63, 3.8) is 0 Å². The Morgan fingerprint density at radius 1 is 1.50 bits per heavy atom. The second-order valence-electron chi connectivity index (χ2n) is 4.49. The van der Waals surface area contributed by atoms with Crippen LogP contribution in [0.3, 0.4) is 0 Å². The van der Waals surface area contributed by atoms with Crippen molar-refractivity contribution in [2.24, 2.45) is 0 Å². The fraction of sp³-hybridized carbons (Fsp3) is 0.400. The van der Waals surface area contributed by atoms with E-state index in [2.05, 4.69) is 13.5 Å². The van der Waals surface area contributed by atoms with Crippen LogP contribution in [0.4, 0.5) is 0 Å². The maximum Gasteiger partial charge on any atom is 0.339 e. The van der Waals surface area contributed by atoms with E-state index >= 15 is 0 Å². The normalized spacial score (nSPS) is 17.2. The topological polar surface area (TPSA) is 35.5 Å². The first kappa shape index (κ1) is 12.7. The molecule has 1 unspecified atom stereocenters. The quantitative estimate of drug-likeness (QED) is 0.453. The first-order valence-electron chi connectivity index (χ1n) is 6.27. The molecule has 2 rings (SSSR count). The van der Waals surface area contributed by atoms with Crippen molar-refractivity contribution in [1.29, 1.82) is 0 Å². The van der Waals surface area contributed by atoms with Crippen molar-refractivity contribution >= 4 is 5.97 Å². The van der Waals surface area contributed by atoms with Gasteiger partial charge in [0.2, 0.25) is 0 Å². The van der Waals surface area contributed by atoms with E-state index < -0.39 is 6.10 Å². The molecular formula is C15H18O3. The van der Waals surface area contributed by atoms with Crippen LogP contribution < -0.4 is 0 Å². The van der Waals surface area contributed by atoms with E-state index in [1.165, 1.54) is 0 Å². The molecule has 3 heteroatoms. The van der Waals surface area contributed by atoms with Crippen LogP contribution in [0, 0.1) is 6.92 Å². The minimum atomic E-state index is -0.453. The smallest absolute Gasteiger partial charge is 0.339 e. The molecule has 0 aromatic heterocycles. The summed E-state index contributed by atoms with van der Waals surface area (Å²) in [5.41, 5.74) is 2.55. The first-order valence-corrected chi connectivity index (χ1v) is 6.27. The van der Waals surface area contributed by atoms with E-state index in [1.54, 1.807) is 6.07 Å². The van der Waals surface area contributed by atoms with Crippen LogP contribution in [0.25, 0.3) is 0 Å². The lowest BCUT2D eigenvalue weighted by molar-refractivity contribution is 0.0303. The molecule has 1 aromatic carbocycles. The SMILES string of the molecule is C=C(OCCCC)C1OC(=O)c2cccc(C)c21. The molecule has 0 aliphatic carbocycles. The number of unbranched alkanes of at least 4 members (excludes halogenated alkanes) is 1. The molecule has 0 spiro atoms. The van der Waals surface area contributed by atoms with Gasteiger partial charge in [0.15, 0.2) is 6.10 Å². The number of esters is 1. The molecule has 1 aromatic rings. The molecule has 96 valence electrons. The van der Waals surface area contributed by atoms with Crippen molar-refractivity contribution in [1.82, 2.24) is 0 Å². The highest BCUT2D eigenvalue weighted by Gasteiger charge is 2.34. The van der Waals surface area contributed by atoms with E-state index in [1.807, 2.05) is 19.1 Å². The lowest BCUT2D eigenvalue weighted by atomic mass is 9.99. The molecule has 0 radical (unpaired) electrons. The third kappa shape index (κ3) is 2.26. The number of hydrogen-bond acceptors (Lipinski definition) is 3. The van der Waals surface area contributed by atoms with E-state index in [0.717, 1.165) is 24.0 Å². The number of cyclic esters (lactones) is 1. The zero-order valence-electron chi connectivity index (χ0n) is 10.9. The van der Waals surface area contributed by atoms with Crippen LogP contribution >= 0.6 is 0 Å². The van der Waals surface area contributed by atoms with Crippen LogP contribution in [0.15, 0.2) is 30.5 Å². The molecule has 1 aliphatic heterocycles. The standard InChI is InChI=1S/C15H18O3/c1-4-5-9-17-11(3)14-13-10(2)7-6-8-12(13)15(16)18-14/h6-8,14H,3-5,9H2,1-2H3. The number of ether oxygens (including phenoxy) is 2. The maximum atomic E-state index is 11.7. The van der Waals surface area contributed by atoms with Gasteiger partial charge in [0.05, 0.1) is 12.2 Å². The van der Waals surface area contributed by atoms with Gasteiger partial charge in [-0.3, -0.25) is 0 Å². The molecule has 0 amide bonds. The monoisotopic (exact) mass is 246 g/mol. The van der Waals surface area contributed by atoms with Crippen molar-refractivity contribution < 1.29 is 14.3 Å². The number of aryl methyl sites for hydroxylation is 1. The molecule has 18 heavy (non-hydrogen) atoms. The predicted molar refractivity (Wildman–Crippen MR) is 69.3 cm³/mol. The summed E-state index contributed by atoms with van der Waals surface area (Å²) in [6, 6.07) is 5.61. The zero-order valence-corrected chi connectivity index (χ0v) is 10.9. The fourth-order valence-corrected chi connectivity index (χ4v) is 2.09. The third-order valence-corrected chi connectivity index (χ3v) is 3.11. The van der Waals surface area contributed by atoms with Crippen LogP contribution in [0.2, 0.25) is 0 Å². The minimum Gasteiger partial charge on any atom is -0.494 e. The van der Waals surface area contributed by atoms with Gasteiger partial charge < -0.3 is 9.47 Å². The Bertz CT molecular complexity index is 477. The Labute approximate surface area is 107 Å². The van der Waals surface area contributed by atoms with Gasteiger partial charge in [-0.1, -0.05) is 32.1 Å². The summed E-state index contributed by atoms with van der Waals surface area (Å²) in [7, 11) is 0. The molecule has 1 aliphatic rings. The van der Waals surface area contributed by atoms with Crippen molar-refractivity contribution in [2.45, 2.75) is 32.8 Å². The van der Waals surface area contributed by atoms with Crippen molar-refractivity contribution in [3.8, 4) is 0 Å². The Hall–Kier alpha value is -1.77. The lowest BCUT2D eigenvalue weighted by Gasteiger charge is -2.16. The van der Waals surface area contributed by atoms with Gasteiger partial charge in [0.25, 0.3) is 0 Å². The number of carbonyl (C=O) groups is 1. The second-order valence-corrected chi connectivity index (χ2v) is 4.49. The Balaban J connectivity index is 2.18. The molecule has 1 heterocycles. The van der Waals surface area contributed by atoms with Gasteiger partial charge in [-0.15, -0.1) is 0 Å². The number of benzene rings is 1. The summed E-state index contributed by atoms with van der Waals surface area (Å²) >= 11 is 0. The average Bonchev–Trinajstić information content (AvgIpc) is 2.69. The number of hydrogen-bond donors (Lipinski definition) is 0. The zero-order chi connectivity index (χ0) is 13.1. The molecule has 1 atom stereocenters. The van der Waals surface area contributed by atoms with Gasteiger partial charge in [-0.25, -0.2) is 4.79 Å². The molecule has 3 nitrogen and oxygen atoms in total. The highest BCUT2D eigenvalue weighted by atomic mass is 16.6. The van der Waals surface area contributed by atoms with E-state index in [4.69, 9.17) is 9.47 Å². The third-order valence-electron chi connectivity index (χ3n) is 3.11. The van der Waals surface area contributed by atoms with Gasteiger partial charge >= 0.3 is 5.97 Å². The van der Waals surface area contributed by atoms with Gasteiger partial charge in [0, 0.05) is 5.56 Å². The molecule has 0 N–H and O–H groups in total. The van der Waals surface area contributed by atoms with Gasteiger partial charge in [-0.2, -0.15) is 0 Å². The number of fused-ring (bicyclic) bond motifs is 1. The van der Waals surface area contributed by atoms with Gasteiger partial charge in [0.1, 0.15) is 5.76 Å². The van der Waals surface area contributed by atoms with Crippen LogP contribution in [-0.2, 0) is 9.47 Å². The summed E-state index contributed by atoms with van der Waals surface area (Å²) in [6.45, 7) is 8.56. The maximum absolute atomic E-state index is 11.7. The van der Waals surface area contributed by atoms with Crippen LogP contribution in [0.5, 0.6) is 0 Å². The Morgan fingerprint density at radius 3 is 3.00 bits per heavy atom. The molecule has 0 saturated carbocycles. The van der Waals surface area contributed by atoms with Crippen molar-refractivity contribution in [2.75, 3.05) is 6.61 Å². The predicted octanol–water partition coefficient (Wildman–Crippen LogP) is 3.54.